The molecule has 0 radical (unpaired) electrons. The van der Waals surface area contributed by atoms with Crippen molar-refractivity contribution in [1.82, 2.24) is 0 Å². The number of nitrogens with two attached hydrogens (primary N) is 1. The summed E-state index contributed by atoms with van der Waals surface area (Å²) in [5.74, 6) is -3.66. The number of hydrogen-bond donors (Lipinski definition) is 1. The Morgan fingerprint density at radius 3 is 2.53 bits per heavy atom. The number of fused-ring (bicyclic) bond motifs is 1. The highest BCUT2D eigenvalue weighted by molar-refractivity contribution is 5.43. The maximum Gasteiger partial charge on any atom is 0.326 e. The van der Waals surface area contributed by atoms with E-state index < -0.39 is 24.0 Å². The average molecular weight is 277 g/mol. The van der Waals surface area contributed by atoms with Crippen LogP contribution in [-0.4, -0.2) is 17.9 Å². The van der Waals surface area contributed by atoms with E-state index in [4.69, 9.17) is 10.5 Å². The molecule has 106 valence electrons. The van der Waals surface area contributed by atoms with E-state index >= 15 is 0 Å². The Bertz CT molecular complexity index is 488. The summed E-state index contributed by atoms with van der Waals surface area (Å²) in [6, 6.07) is 2.20. The second-order valence-electron chi connectivity index (χ2n) is 5.36. The van der Waals surface area contributed by atoms with Gasteiger partial charge in [0.05, 0.1) is 0 Å². The largest absolute Gasteiger partial charge is 0.487 e. The first kappa shape index (κ1) is 14.1. The highest BCUT2D eigenvalue weighted by Crippen LogP contribution is 2.39. The maximum atomic E-state index is 13.2. The van der Waals surface area contributed by atoms with Gasteiger partial charge in [0.25, 0.3) is 0 Å². The molecule has 1 unspecified atom stereocenters. The zero-order valence-electron chi connectivity index (χ0n) is 10.6. The molecule has 1 atom stereocenters. The fraction of sp³-hybridized carbons (Fsp3) is 0.538. The summed E-state index contributed by atoms with van der Waals surface area (Å²) in [6.45, 7) is 3.72. The third-order valence-electron chi connectivity index (χ3n) is 3.15. The van der Waals surface area contributed by atoms with Crippen LogP contribution in [0.2, 0.25) is 0 Å². The van der Waals surface area contributed by atoms with Crippen LogP contribution < -0.4 is 10.5 Å². The molecule has 2 N–H and O–H groups in total. The van der Waals surface area contributed by atoms with Crippen molar-refractivity contribution >= 4 is 0 Å². The third kappa shape index (κ3) is 2.54. The van der Waals surface area contributed by atoms with Crippen molar-refractivity contribution in [1.29, 1.82) is 0 Å². The topological polar surface area (TPSA) is 35.2 Å². The van der Waals surface area contributed by atoms with Crippen LogP contribution in [0.25, 0.3) is 0 Å². The SMILES string of the molecule is CC1(C)Cc2cc(C(N)C(F)(F)C(F)F)ccc2O1. The van der Waals surface area contributed by atoms with Gasteiger partial charge >= 0.3 is 12.3 Å². The van der Waals surface area contributed by atoms with Gasteiger partial charge in [-0.25, -0.2) is 8.78 Å². The van der Waals surface area contributed by atoms with Gasteiger partial charge in [0, 0.05) is 6.42 Å². The molecule has 0 bridgehead atoms. The molecule has 0 fully saturated rings. The molecule has 1 heterocycles. The third-order valence-corrected chi connectivity index (χ3v) is 3.15. The molecule has 0 aliphatic carbocycles. The Kier molecular flexibility index (Phi) is 3.24. The first-order valence-corrected chi connectivity index (χ1v) is 5.87. The molecule has 0 saturated carbocycles. The summed E-state index contributed by atoms with van der Waals surface area (Å²) < 4.78 is 56.6. The fourth-order valence-corrected chi connectivity index (χ4v) is 2.18. The van der Waals surface area contributed by atoms with Gasteiger partial charge in [-0.05, 0) is 31.0 Å². The summed E-state index contributed by atoms with van der Waals surface area (Å²) in [5, 5.41) is 0. The molecular weight excluding hydrogens is 262 g/mol. The normalized spacial score (nSPS) is 19.2. The zero-order valence-corrected chi connectivity index (χ0v) is 10.6. The second-order valence-corrected chi connectivity index (χ2v) is 5.36. The molecular formula is C13H15F4NO. The average Bonchev–Trinajstić information content (AvgIpc) is 2.60. The van der Waals surface area contributed by atoms with Crippen molar-refractivity contribution in [3.8, 4) is 5.75 Å². The monoisotopic (exact) mass is 277 g/mol. The minimum absolute atomic E-state index is 0.00894. The van der Waals surface area contributed by atoms with Gasteiger partial charge in [-0.15, -0.1) is 0 Å². The van der Waals surface area contributed by atoms with Gasteiger partial charge < -0.3 is 10.5 Å². The Hall–Kier alpha value is -1.30. The number of ether oxygens (including phenoxy) is 1. The van der Waals surface area contributed by atoms with E-state index in [0.29, 0.717) is 17.7 Å². The van der Waals surface area contributed by atoms with E-state index in [1.54, 1.807) is 0 Å². The van der Waals surface area contributed by atoms with E-state index in [1.807, 2.05) is 13.8 Å². The van der Waals surface area contributed by atoms with Gasteiger partial charge in [0.2, 0.25) is 0 Å². The van der Waals surface area contributed by atoms with Gasteiger partial charge in [0.1, 0.15) is 17.4 Å². The summed E-state index contributed by atoms with van der Waals surface area (Å²) in [5.41, 5.74) is 5.55. The Morgan fingerprint density at radius 2 is 1.95 bits per heavy atom. The Labute approximate surface area is 108 Å². The predicted molar refractivity (Wildman–Crippen MR) is 62.7 cm³/mol. The molecule has 1 aromatic carbocycles. The molecule has 6 heteroatoms. The van der Waals surface area contributed by atoms with Crippen LogP contribution in [0.4, 0.5) is 17.6 Å². The summed E-state index contributed by atoms with van der Waals surface area (Å²) in [6.07, 6.45) is -3.26. The van der Waals surface area contributed by atoms with E-state index in [2.05, 4.69) is 0 Å². The van der Waals surface area contributed by atoms with Crippen LogP contribution in [0.3, 0.4) is 0 Å². The number of benzene rings is 1. The fourth-order valence-electron chi connectivity index (χ4n) is 2.18. The van der Waals surface area contributed by atoms with Crippen LogP contribution in [0, 0.1) is 0 Å². The van der Waals surface area contributed by atoms with Crippen molar-refractivity contribution in [3.63, 3.8) is 0 Å². The molecule has 0 aromatic heterocycles. The molecule has 1 aliphatic rings. The quantitative estimate of drug-likeness (QED) is 0.860. The second kappa shape index (κ2) is 4.37. The summed E-state index contributed by atoms with van der Waals surface area (Å²) >= 11 is 0. The number of halogens is 4. The highest BCUT2D eigenvalue weighted by atomic mass is 19.3. The van der Waals surface area contributed by atoms with Crippen molar-refractivity contribution in [2.45, 2.75) is 44.3 Å². The van der Waals surface area contributed by atoms with E-state index in [-0.39, 0.29) is 5.56 Å². The standard InChI is InChI=1S/C13H15F4NO/c1-12(2)6-8-5-7(3-4-9(8)19-12)10(18)13(16,17)11(14)15/h3-5,10-11H,6,18H2,1-2H3. The Morgan fingerprint density at radius 1 is 1.32 bits per heavy atom. The maximum absolute atomic E-state index is 13.2. The zero-order chi connectivity index (χ0) is 14.4. The molecule has 1 aliphatic heterocycles. The van der Waals surface area contributed by atoms with Crippen LogP contribution >= 0.6 is 0 Å². The van der Waals surface area contributed by atoms with Crippen molar-refractivity contribution in [2.75, 3.05) is 0 Å². The van der Waals surface area contributed by atoms with Crippen LogP contribution in [-0.2, 0) is 6.42 Å². The lowest BCUT2D eigenvalue weighted by atomic mass is 9.96. The summed E-state index contributed by atoms with van der Waals surface area (Å²) in [7, 11) is 0. The molecule has 0 saturated heterocycles. The van der Waals surface area contributed by atoms with E-state index in [1.165, 1.54) is 18.2 Å². The first-order valence-electron chi connectivity index (χ1n) is 5.87. The first-order chi connectivity index (χ1) is 8.63. The van der Waals surface area contributed by atoms with Gasteiger partial charge in [-0.1, -0.05) is 12.1 Å². The van der Waals surface area contributed by atoms with Crippen molar-refractivity contribution in [2.24, 2.45) is 5.73 Å². The minimum atomic E-state index is -4.25. The molecule has 0 spiro atoms. The number of alkyl halides is 4. The number of rotatable bonds is 3. The van der Waals surface area contributed by atoms with E-state index in [0.717, 1.165) is 0 Å². The lowest BCUT2D eigenvalue weighted by molar-refractivity contribution is -0.144. The van der Waals surface area contributed by atoms with Crippen LogP contribution in [0.1, 0.15) is 31.0 Å². The molecule has 2 rings (SSSR count). The number of hydrogen-bond acceptors (Lipinski definition) is 2. The lowest BCUT2D eigenvalue weighted by Gasteiger charge is -2.23. The lowest BCUT2D eigenvalue weighted by Crippen LogP contribution is -2.39. The molecule has 2 nitrogen and oxygen atoms in total. The highest BCUT2D eigenvalue weighted by Gasteiger charge is 2.48. The predicted octanol–water partition coefficient (Wildman–Crippen LogP) is 3.30. The smallest absolute Gasteiger partial charge is 0.326 e. The van der Waals surface area contributed by atoms with Gasteiger partial charge in [-0.3, -0.25) is 0 Å². The molecule has 0 amide bonds. The van der Waals surface area contributed by atoms with Gasteiger partial charge in [-0.2, -0.15) is 8.78 Å². The minimum Gasteiger partial charge on any atom is -0.487 e. The van der Waals surface area contributed by atoms with Crippen LogP contribution in [0.5, 0.6) is 5.75 Å². The van der Waals surface area contributed by atoms with Crippen LogP contribution in [0.15, 0.2) is 18.2 Å². The Balaban J connectivity index is 2.30. The summed E-state index contributed by atoms with van der Waals surface area (Å²) in [4.78, 5) is 0. The van der Waals surface area contributed by atoms with Crippen molar-refractivity contribution in [3.05, 3.63) is 29.3 Å². The van der Waals surface area contributed by atoms with Gasteiger partial charge in [0.15, 0.2) is 0 Å². The molecule has 19 heavy (non-hydrogen) atoms. The molecule has 1 aromatic rings. The van der Waals surface area contributed by atoms with Crippen molar-refractivity contribution < 1.29 is 22.3 Å². The van der Waals surface area contributed by atoms with E-state index in [9.17, 15) is 17.6 Å².